The lowest BCUT2D eigenvalue weighted by molar-refractivity contribution is -0.115. The number of anilines is 1. The normalized spacial score (nSPS) is 14.7. The minimum Gasteiger partial charge on any atom is -0.490 e. The van der Waals surface area contributed by atoms with Crippen LogP contribution in [0.3, 0.4) is 0 Å². The molecule has 1 aliphatic carbocycles. The summed E-state index contributed by atoms with van der Waals surface area (Å²) in [4.78, 5) is 16.7. The number of ether oxygens (including phenoxy) is 1. The number of nitrogens with one attached hydrogen (secondary N) is 1. The minimum atomic E-state index is -0.0760. The number of nitrogens with zero attached hydrogens (tertiary/aromatic N) is 2. The van der Waals surface area contributed by atoms with Gasteiger partial charge in [-0.25, -0.2) is 4.98 Å². The molecule has 3 aromatic rings. The number of fused-ring (bicyclic) bond motifs is 1. The molecule has 0 saturated heterocycles. The van der Waals surface area contributed by atoms with E-state index in [0.29, 0.717) is 6.10 Å². The van der Waals surface area contributed by atoms with Crippen LogP contribution in [-0.4, -0.2) is 21.4 Å². The average molecular weight is 335 g/mol. The Morgan fingerprint density at radius 1 is 1.16 bits per heavy atom. The Labute approximate surface area is 146 Å². The molecule has 0 bridgehead atoms. The quantitative estimate of drug-likeness (QED) is 0.771. The van der Waals surface area contributed by atoms with Gasteiger partial charge in [-0.2, -0.15) is 0 Å². The number of hydrogen-bond acceptors (Lipinski definition) is 3. The first-order chi connectivity index (χ1) is 12.3. The Kier molecular flexibility index (Phi) is 4.37. The van der Waals surface area contributed by atoms with Gasteiger partial charge in [-0.3, -0.25) is 4.79 Å². The smallest absolute Gasteiger partial charge is 0.230 e. The third kappa shape index (κ3) is 3.82. The van der Waals surface area contributed by atoms with Crippen LogP contribution in [0.4, 0.5) is 5.69 Å². The predicted molar refractivity (Wildman–Crippen MR) is 96.9 cm³/mol. The molecule has 1 amide bonds. The van der Waals surface area contributed by atoms with Crippen molar-refractivity contribution >= 4 is 17.2 Å². The monoisotopic (exact) mass is 335 g/mol. The maximum atomic E-state index is 12.2. The lowest BCUT2D eigenvalue weighted by Crippen LogP contribution is -2.14. The van der Waals surface area contributed by atoms with Gasteiger partial charge in [-0.05, 0) is 62.1 Å². The third-order valence-corrected chi connectivity index (χ3v) is 4.50. The second-order valence-corrected chi connectivity index (χ2v) is 6.47. The minimum absolute atomic E-state index is 0.0760. The van der Waals surface area contributed by atoms with Gasteiger partial charge in [0, 0.05) is 18.1 Å². The van der Waals surface area contributed by atoms with E-state index in [1.807, 2.05) is 59.3 Å². The summed E-state index contributed by atoms with van der Waals surface area (Å²) in [5, 5.41) is 2.91. The van der Waals surface area contributed by atoms with Crippen molar-refractivity contribution in [1.29, 1.82) is 0 Å². The van der Waals surface area contributed by atoms with Crippen LogP contribution in [0.25, 0.3) is 5.65 Å². The number of pyridine rings is 1. The van der Waals surface area contributed by atoms with Crippen molar-refractivity contribution in [2.24, 2.45) is 0 Å². The van der Waals surface area contributed by atoms with E-state index >= 15 is 0 Å². The zero-order valence-corrected chi connectivity index (χ0v) is 14.0. The number of rotatable bonds is 5. The molecular formula is C20H21N3O2. The van der Waals surface area contributed by atoms with E-state index < -0.39 is 0 Å². The molecule has 5 heteroatoms. The van der Waals surface area contributed by atoms with Crippen molar-refractivity contribution in [1.82, 2.24) is 9.38 Å². The summed E-state index contributed by atoms with van der Waals surface area (Å²) in [5.74, 6) is 0.790. The number of aromatic nitrogens is 2. The molecule has 2 heterocycles. The SMILES string of the molecule is O=C(Cc1cn2ccccc2n1)Nc1ccc(OC2CCCC2)cc1. The molecule has 128 valence electrons. The van der Waals surface area contributed by atoms with Crippen LogP contribution in [-0.2, 0) is 11.2 Å². The topological polar surface area (TPSA) is 55.6 Å². The Bertz CT molecular complexity index is 831. The van der Waals surface area contributed by atoms with Crippen molar-refractivity contribution in [2.75, 3.05) is 5.32 Å². The molecule has 0 spiro atoms. The van der Waals surface area contributed by atoms with Crippen LogP contribution >= 0.6 is 0 Å². The third-order valence-electron chi connectivity index (χ3n) is 4.50. The number of carbonyl (C=O) groups excluding carboxylic acids is 1. The van der Waals surface area contributed by atoms with Gasteiger partial charge in [0.2, 0.25) is 5.91 Å². The second kappa shape index (κ2) is 6.97. The summed E-state index contributed by atoms with van der Waals surface area (Å²) in [7, 11) is 0. The molecule has 4 rings (SSSR count). The Morgan fingerprint density at radius 2 is 1.96 bits per heavy atom. The first-order valence-corrected chi connectivity index (χ1v) is 8.75. The molecule has 0 aliphatic heterocycles. The van der Waals surface area contributed by atoms with E-state index in [0.717, 1.165) is 35.6 Å². The lowest BCUT2D eigenvalue weighted by Gasteiger charge is -2.13. The highest BCUT2D eigenvalue weighted by Crippen LogP contribution is 2.25. The van der Waals surface area contributed by atoms with Gasteiger partial charge < -0.3 is 14.5 Å². The van der Waals surface area contributed by atoms with Gasteiger partial charge >= 0.3 is 0 Å². The fourth-order valence-corrected chi connectivity index (χ4v) is 3.26. The fraction of sp³-hybridized carbons (Fsp3) is 0.300. The highest BCUT2D eigenvalue weighted by Gasteiger charge is 2.16. The van der Waals surface area contributed by atoms with Crippen LogP contribution in [0, 0.1) is 0 Å². The summed E-state index contributed by atoms with van der Waals surface area (Å²) in [6, 6.07) is 13.4. The van der Waals surface area contributed by atoms with Crippen LogP contribution in [0.2, 0.25) is 0 Å². The van der Waals surface area contributed by atoms with Crippen LogP contribution in [0.5, 0.6) is 5.75 Å². The van der Waals surface area contributed by atoms with E-state index in [1.54, 1.807) is 0 Å². The maximum Gasteiger partial charge on any atom is 0.230 e. The van der Waals surface area contributed by atoms with Crippen molar-refractivity contribution in [2.45, 2.75) is 38.2 Å². The summed E-state index contributed by atoms with van der Waals surface area (Å²) < 4.78 is 7.85. The maximum absolute atomic E-state index is 12.2. The second-order valence-electron chi connectivity index (χ2n) is 6.47. The number of benzene rings is 1. The molecule has 1 aromatic carbocycles. The van der Waals surface area contributed by atoms with Gasteiger partial charge in [0.25, 0.3) is 0 Å². The Hall–Kier alpha value is -2.82. The van der Waals surface area contributed by atoms with Gasteiger partial charge in [0.1, 0.15) is 11.4 Å². The highest BCUT2D eigenvalue weighted by molar-refractivity contribution is 5.92. The number of imidazole rings is 1. The summed E-state index contributed by atoms with van der Waals surface area (Å²) in [6.07, 6.45) is 9.18. The Morgan fingerprint density at radius 3 is 2.72 bits per heavy atom. The van der Waals surface area contributed by atoms with E-state index in [-0.39, 0.29) is 12.3 Å². The lowest BCUT2D eigenvalue weighted by atomic mass is 10.2. The molecule has 1 aliphatic rings. The van der Waals surface area contributed by atoms with Crippen molar-refractivity contribution in [3.63, 3.8) is 0 Å². The van der Waals surface area contributed by atoms with Gasteiger partial charge in [0.05, 0.1) is 18.2 Å². The summed E-state index contributed by atoms with van der Waals surface area (Å²) >= 11 is 0. The Balaban J connectivity index is 1.35. The van der Waals surface area contributed by atoms with Gasteiger partial charge in [-0.1, -0.05) is 6.07 Å². The van der Waals surface area contributed by atoms with Crippen molar-refractivity contribution < 1.29 is 9.53 Å². The molecule has 2 aromatic heterocycles. The van der Waals surface area contributed by atoms with E-state index in [2.05, 4.69) is 10.3 Å². The molecule has 5 nitrogen and oxygen atoms in total. The standard InChI is InChI=1S/C20H21N3O2/c24-20(13-16-14-23-12-4-3-7-19(23)21-16)22-15-8-10-18(11-9-15)25-17-5-1-2-6-17/h3-4,7-12,14,17H,1-2,5-6,13H2,(H,22,24). The predicted octanol–water partition coefficient (Wildman–Crippen LogP) is 3.84. The molecule has 0 unspecified atom stereocenters. The summed E-state index contributed by atoms with van der Waals surface area (Å²) in [5.41, 5.74) is 2.37. The van der Waals surface area contributed by atoms with E-state index in [4.69, 9.17) is 4.74 Å². The van der Waals surface area contributed by atoms with Gasteiger partial charge in [0.15, 0.2) is 0 Å². The zero-order chi connectivity index (χ0) is 17.1. The van der Waals surface area contributed by atoms with Crippen molar-refractivity contribution in [3.05, 3.63) is 60.6 Å². The van der Waals surface area contributed by atoms with E-state index in [9.17, 15) is 4.79 Å². The number of carbonyl (C=O) groups is 1. The molecule has 0 atom stereocenters. The zero-order valence-electron chi connectivity index (χ0n) is 14.0. The molecule has 25 heavy (non-hydrogen) atoms. The van der Waals surface area contributed by atoms with Crippen LogP contribution in [0.1, 0.15) is 31.4 Å². The molecule has 1 fully saturated rings. The average Bonchev–Trinajstić information content (AvgIpc) is 3.25. The fourth-order valence-electron chi connectivity index (χ4n) is 3.26. The van der Waals surface area contributed by atoms with Crippen LogP contribution < -0.4 is 10.1 Å². The van der Waals surface area contributed by atoms with Gasteiger partial charge in [-0.15, -0.1) is 0 Å². The van der Waals surface area contributed by atoms with E-state index in [1.165, 1.54) is 12.8 Å². The first kappa shape index (κ1) is 15.7. The molecule has 0 radical (unpaired) electrons. The van der Waals surface area contributed by atoms with Crippen molar-refractivity contribution in [3.8, 4) is 5.75 Å². The molecule has 1 N–H and O–H groups in total. The largest absolute Gasteiger partial charge is 0.490 e. The summed E-state index contributed by atoms with van der Waals surface area (Å²) in [6.45, 7) is 0. The highest BCUT2D eigenvalue weighted by atomic mass is 16.5. The number of hydrogen-bond donors (Lipinski definition) is 1. The van der Waals surface area contributed by atoms with Crippen LogP contribution in [0.15, 0.2) is 54.9 Å². The number of amides is 1. The molecule has 1 saturated carbocycles. The first-order valence-electron chi connectivity index (χ1n) is 8.75. The molecular weight excluding hydrogens is 314 g/mol.